The van der Waals surface area contributed by atoms with Crippen molar-refractivity contribution < 1.29 is 4.74 Å². The third kappa shape index (κ3) is 2.56. The first-order valence-electron chi connectivity index (χ1n) is 8.17. The first-order valence-corrected chi connectivity index (χ1v) is 8.17. The topological polar surface area (TPSA) is 92.0 Å². The highest BCUT2D eigenvalue weighted by atomic mass is 16.5. The smallest absolute Gasteiger partial charge is 0.222 e. The normalized spacial score (nSPS) is 11.4. The van der Waals surface area contributed by atoms with Crippen molar-refractivity contribution in [1.29, 1.82) is 0 Å². The van der Waals surface area contributed by atoms with E-state index in [1.54, 1.807) is 0 Å². The zero-order valence-electron chi connectivity index (χ0n) is 13.9. The van der Waals surface area contributed by atoms with Gasteiger partial charge in [0.05, 0.1) is 22.1 Å². The molecule has 2 aromatic heterocycles. The predicted octanol–water partition coefficient (Wildman–Crippen LogP) is 3.41. The molecule has 0 amide bonds. The molecular weight excluding hydrogens is 314 g/mol. The van der Waals surface area contributed by atoms with E-state index in [4.69, 9.17) is 16.2 Å². The van der Waals surface area contributed by atoms with Crippen molar-refractivity contribution in [1.82, 2.24) is 14.5 Å². The zero-order valence-corrected chi connectivity index (χ0v) is 13.9. The van der Waals surface area contributed by atoms with Gasteiger partial charge in [0, 0.05) is 12.0 Å². The maximum Gasteiger partial charge on any atom is 0.222 e. The average molecular weight is 333 g/mol. The Balaban J connectivity index is 2.06. The maximum absolute atomic E-state index is 6.15. The van der Waals surface area contributed by atoms with Crippen LogP contribution in [0.2, 0.25) is 0 Å². The molecule has 2 aromatic carbocycles. The lowest BCUT2D eigenvalue weighted by Gasteiger charge is -2.11. The van der Waals surface area contributed by atoms with E-state index in [1.165, 1.54) is 0 Å². The minimum Gasteiger partial charge on any atom is -0.383 e. The molecule has 0 saturated carbocycles. The number of hydrogen-bond donors (Lipinski definition) is 2. The van der Waals surface area contributed by atoms with Crippen molar-refractivity contribution in [3.05, 3.63) is 48.5 Å². The molecule has 0 aliphatic heterocycles. The molecule has 0 unspecified atom stereocenters. The fourth-order valence-corrected chi connectivity index (χ4v) is 3.18. The van der Waals surface area contributed by atoms with Crippen LogP contribution < -0.4 is 11.5 Å². The summed E-state index contributed by atoms with van der Waals surface area (Å²) >= 11 is 0. The minimum atomic E-state index is 0.182. The number of anilines is 2. The maximum atomic E-state index is 6.15. The Hall–Kier alpha value is -3.12. The van der Waals surface area contributed by atoms with E-state index in [1.807, 2.05) is 37.3 Å². The lowest BCUT2D eigenvalue weighted by molar-refractivity contribution is 0.0919. The second kappa shape index (κ2) is 6.07. The molecule has 0 aliphatic carbocycles. The largest absolute Gasteiger partial charge is 0.383 e. The van der Waals surface area contributed by atoms with Crippen molar-refractivity contribution in [2.45, 2.75) is 13.7 Å². The molecule has 4 aromatic rings. The third-order valence-corrected chi connectivity index (χ3v) is 4.28. The SMILES string of the molecule is CCOCn1c(-c2ccccc2)cc2c3c(N)nc(N)nc3ccc21. The molecule has 6 nitrogen and oxygen atoms in total. The number of ether oxygens (including phenoxy) is 1. The first-order chi connectivity index (χ1) is 12.2. The fourth-order valence-electron chi connectivity index (χ4n) is 3.18. The summed E-state index contributed by atoms with van der Waals surface area (Å²) in [7, 11) is 0. The van der Waals surface area contributed by atoms with Crippen LogP contribution in [0.3, 0.4) is 0 Å². The van der Waals surface area contributed by atoms with Gasteiger partial charge in [0.1, 0.15) is 12.5 Å². The Morgan fingerprint density at radius 1 is 1.04 bits per heavy atom. The molecule has 0 atom stereocenters. The van der Waals surface area contributed by atoms with E-state index in [0.717, 1.165) is 33.1 Å². The Bertz CT molecular complexity index is 1060. The van der Waals surface area contributed by atoms with Crippen molar-refractivity contribution in [2.24, 2.45) is 0 Å². The molecule has 4 rings (SSSR count). The van der Waals surface area contributed by atoms with Crippen LogP contribution >= 0.6 is 0 Å². The quantitative estimate of drug-likeness (QED) is 0.597. The van der Waals surface area contributed by atoms with E-state index in [0.29, 0.717) is 19.2 Å². The molecule has 0 saturated heterocycles. The standard InChI is InChI=1S/C19H19N5O/c1-2-25-11-24-15-9-8-14-17(18(20)23-19(21)22-14)13(15)10-16(24)12-6-4-3-5-7-12/h3-10H,2,11H2,1H3,(H4,20,21,22,23). The van der Waals surface area contributed by atoms with Gasteiger partial charge in [-0.05, 0) is 30.7 Å². The van der Waals surface area contributed by atoms with Crippen LogP contribution in [0.1, 0.15) is 6.92 Å². The van der Waals surface area contributed by atoms with Crippen molar-refractivity contribution >= 4 is 33.6 Å². The summed E-state index contributed by atoms with van der Waals surface area (Å²) in [5, 5.41) is 1.81. The summed E-state index contributed by atoms with van der Waals surface area (Å²) in [5.74, 6) is 0.572. The highest BCUT2D eigenvalue weighted by Gasteiger charge is 2.15. The van der Waals surface area contributed by atoms with Gasteiger partial charge in [-0.1, -0.05) is 30.3 Å². The molecule has 0 spiro atoms. The molecule has 6 heteroatoms. The molecule has 4 N–H and O–H groups in total. The van der Waals surface area contributed by atoms with Crippen LogP contribution in [0.15, 0.2) is 48.5 Å². The van der Waals surface area contributed by atoms with E-state index >= 15 is 0 Å². The Morgan fingerprint density at radius 2 is 1.84 bits per heavy atom. The third-order valence-electron chi connectivity index (χ3n) is 4.28. The number of nitrogens with zero attached hydrogens (tertiary/aromatic N) is 3. The highest BCUT2D eigenvalue weighted by molar-refractivity contribution is 6.12. The summed E-state index contributed by atoms with van der Waals surface area (Å²) in [6.45, 7) is 3.09. The molecule has 0 bridgehead atoms. The van der Waals surface area contributed by atoms with Crippen LogP contribution in [-0.2, 0) is 11.5 Å². The second-order valence-corrected chi connectivity index (χ2v) is 5.81. The van der Waals surface area contributed by atoms with Gasteiger partial charge in [-0.25, -0.2) is 4.98 Å². The van der Waals surface area contributed by atoms with Crippen LogP contribution in [0, 0.1) is 0 Å². The van der Waals surface area contributed by atoms with Crippen molar-refractivity contribution in [3.63, 3.8) is 0 Å². The van der Waals surface area contributed by atoms with E-state index < -0.39 is 0 Å². The zero-order chi connectivity index (χ0) is 17.4. The summed E-state index contributed by atoms with van der Waals surface area (Å²) < 4.78 is 7.83. The van der Waals surface area contributed by atoms with Gasteiger partial charge >= 0.3 is 0 Å². The van der Waals surface area contributed by atoms with Crippen molar-refractivity contribution in [2.75, 3.05) is 18.1 Å². The number of benzene rings is 2. The number of fused-ring (bicyclic) bond motifs is 3. The fraction of sp³-hybridized carbons (Fsp3) is 0.158. The number of hydrogen-bond acceptors (Lipinski definition) is 5. The highest BCUT2D eigenvalue weighted by Crippen LogP contribution is 2.34. The van der Waals surface area contributed by atoms with Crippen LogP contribution in [0.25, 0.3) is 33.1 Å². The van der Waals surface area contributed by atoms with Crippen LogP contribution in [0.4, 0.5) is 11.8 Å². The van der Waals surface area contributed by atoms with Gasteiger partial charge < -0.3 is 20.8 Å². The summed E-state index contributed by atoms with van der Waals surface area (Å²) in [4.78, 5) is 8.44. The Morgan fingerprint density at radius 3 is 2.60 bits per heavy atom. The molecule has 0 fully saturated rings. The van der Waals surface area contributed by atoms with E-state index in [9.17, 15) is 0 Å². The van der Waals surface area contributed by atoms with Crippen LogP contribution in [-0.4, -0.2) is 21.1 Å². The lowest BCUT2D eigenvalue weighted by atomic mass is 10.1. The summed E-state index contributed by atoms with van der Waals surface area (Å²) in [6, 6.07) is 16.3. The first kappa shape index (κ1) is 15.4. The summed E-state index contributed by atoms with van der Waals surface area (Å²) in [6.07, 6.45) is 0. The molecule has 0 radical (unpaired) electrons. The molecule has 25 heavy (non-hydrogen) atoms. The second-order valence-electron chi connectivity index (χ2n) is 5.81. The number of nitrogens with two attached hydrogens (primary N) is 2. The number of nitrogen functional groups attached to an aromatic ring is 2. The van der Waals surface area contributed by atoms with Gasteiger partial charge in [-0.3, -0.25) is 0 Å². The predicted molar refractivity (Wildman–Crippen MR) is 101 cm³/mol. The van der Waals surface area contributed by atoms with Gasteiger partial charge in [0.2, 0.25) is 5.95 Å². The molecule has 2 heterocycles. The van der Waals surface area contributed by atoms with Gasteiger partial charge in [0.25, 0.3) is 0 Å². The van der Waals surface area contributed by atoms with Gasteiger partial charge in [0.15, 0.2) is 0 Å². The summed E-state index contributed by atoms with van der Waals surface area (Å²) in [5.41, 5.74) is 15.8. The number of rotatable bonds is 4. The van der Waals surface area contributed by atoms with Gasteiger partial charge in [-0.15, -0.1) is 0 Å². The number of aromatic nitrogens is 3. The Labute approximate surface area is 145 Å². The molecular formula is C19H19N5O. The molecule has 126 valence electrons. The van der Waals surface area contributed by atoms with E-state index in [2.05, 4.69) is 32.7 Å². The minimum absolute atomic E-state index is 0.182. The van der Waals surface area contributed by atoms with Crippen LogP contribution in [0.5, 0.6) is 0 Å². The van der Waals surface area contributed by atoms with Gasteiger partial charge in [-0.2, -0.15) is 4.98 Å². The van der Waals surface area contributed by atoms with Crippen molar-refractivity contribution in [3.8, 4) is 11.3 Å². The average Bonchev–Trinajstić information content (AvgIpc) is 2.98. The molecule has 0 aliphatic rings. The van der Waals surface area contributed by atoms with E-state index in [-0.39, 0.29) is 5.95 Å². The monoisotopic (exact) mass is 333 g/mol. The lowest BCUT2D eigenvalue weighted by Crippen LogP contribution is -2.04. The Kier molecular flexibility index (Phi) is 3.74.